The first-order valence-electron chi connectivity index (χ1n) is 8.16. The van der Waals surface area contributed by atoms with Crippen LogP contribution in [0.3, 0.4) is 0 Å². The van der Waals surface area contributed by atoms with Crippen molar-refractivity contribution < 1.29 is 4.79 Å². The lowest BCUT2D eigenvalue weighted by atomic mass is 9.92. The first kappa shape index (κ1) is 15.8. The zero-order valence-electron chi connectivity index (χ0n) is 13.4. The van der Waals surface area contributed by atoms with Gasteiger partial charge in [0, 0.05) is 18.6 Å². The molecule has 1 atom stereocenters. The molecule has 0 radical (unpaired) electrons. The Kier molecular flexibility index (Phi) is 4.75. The van der Waals surface area contributed by atoms with Crippen LogP contribution in [0.1, 0.15) is 59.3 Å². The fraction of sp³-hybridized carbons (Fsp3) is 0.938. The molecule has 0 aromatic heterocycles. The first-order valence-corrected chi connectivity index (χ1v) is 8.16. The number of nitrogens with two attached hydrogens (primary N) is 1. The molecule has 0 aromatic rings. The molecule has 2 rings (SSSR count). The fourth-order valence-electron chi connectivity index (χ4n) is 3.56. The smallest absolute Gasteiger partial charge is 0.240 e. The fourth-order valence-corrected chi connectivity index (χ4v) is 3.56. The van der Waals surface area contributed by atoms with E-state index in [1.807, 2.05) is 0 Å². The van der Waals surface area contributed by atoms with Crippen molar-refractivity contribution in [2.75, 3.05) is 19.6 Å². The van der Waals surface area contributed by atoms with Crippen molar-refractivity contribution >= 4 is 5.91 Å². The number of hydrogen-bond donors (Lipinski definition) is 2. The van der Waals surface area contributed by atoms with Gasteiger partial charge in [-0.15, -0.1) is 0 Å². The molecule has 1 amide bonds. The third-order valence-corrected chi connectivity index (χ3v) is 5.14. The van der Waals surface area contributed by atoms with Crippen LogP contribution < -0.4 is 11.1 Å². The molecule has 1 saturated heterocycles. The van der Waals surface area contributed by atoms with Crippen molar-refractivity contribution in [3.8, 4) is 0 Å². The van der Waals surface area contributed by atoms with Crippen molar-refractivity contribution in [3.63, 3.8) is 0 Å². The van der Waals surface area contributed by atoms with E-state index in [1.165, 1.54) is 12.8 Å². The molecular formula is C16H31N3O. The molecule has 1 aliphatic heterocycles. The Hall–Kier alpha value is -0.610. The predicted octanol–water partition coefficient (Wildman–Crippen LogP) is 1.88. The highest BCUT2D eigenvalue weighted by molar-refractivity contribution is 5.86. The van der Waals surface area contributed by atoms with Crippen molar-refractivity contribution in [2.24, 2.45) is 11.7 Å². The molecule has 3 N–H and O–H groups in total. The second-order valence-corrected chi connectivity index (χ2v) is 7.55. The SMILES string of the molecule is CC1CCCN(C(C)(C)CNC(=O)C2(N)CCCC2)C1. The molecule has 1 unspecified atom stereocenters. The normalized spacial score (nSPS) is 27.5. The second-order valence-electron chi connectivity index (χ2n) is 7.55. The zero-order chi connectivity index (χ0) is 14.8. The maximum Gasteiger partial charge on any atom is 0.240 e. The Morgan fingerprint density at radius 3 is 2.60 bits per heavy atom. The van der Waals surface area contributed by atoms with E-state index in [4.69, 9.17) is 5.73 Å². The van der Waals surface area contributed by atoms with Crippen LogP contribution in [-0.2, 0) is 4.79 Å². The largest absolute Gasteiger partial charge is 0.353 e. The zero-order valence-corrected chi connectivity index (χ0v) is 13.4. The molecule has 2 fully saturated rings. The van der Waals surface area contributed by atoms with Gasteiger partial charge in [0.15, 0.2) is 0 Å². The van der Waals surface area contributed by atoms with E-state index >= 15 is 0 Å². The lowest BCUT2D eigenvalue weighted by Gasteiger charge is -2.43. The predicted molar refractivity (Wildman–Crippen MR) is 82.4 cm³/mol. The summed E-state index contributed by atoms with van der Waals surface area (Å²) in [5.41, 5.74) is 5.61. The third-order valence-electron chi connectivity index (χ3n) is 5.14. The summed E-state index contributed by atoms with van der Waals surface area (Å²) in [6, 6.07) is 0. The van der Waals surface area contributed by atoms with Crippen molar-refractivity contribution in [1.29, 1.82) is 0 Å². The van der Waals surface area contributed by atoms with Gasteiger partial charge in [-0.1, -0.05) is 19.8 Å². The molecule has 1 saturated carbocycles. The monoisotopic (exact) mass is 281 g/mol. The topological polar surface area (TPSA) is 58.4 Å². The highest BCUT2D eigenvalue weighted by Crippen LogP contribution is 2.28. The standard InChI is InChI=1S/C16H31N3O/c1-13-7-6-10-19(11-13)15(2,3)12-18-14(20)16(17)8-4-5-9-16/h13H,4-12,17H2,1-3H3,(H,18,20). The summed E-state index contributed by atoms with van der Waals surface area (Å²) in [7, 11) is 0. The van der Waals surface area contributed by atoms with E-state index < -0.39 is 5.54 Å². The Labute approximate surface area is 123 Å². The van der Waals surface area contributed by atoms with Crippen LogP contribution in [0.25, 0.3) is 0 Å². The molecule has 20 heavy (non-hydrogen) atoms. The Balaban J connectivity index is 1.86. The first-order chi connectivity index (χ1) is 9.33. The van der Waals surface area contributed by atoms with Gasteiger partial charge in [0.25, 0.3) is 0 Å². The number of nitrogens with zero attached hydrogens (tertiary/aromatic N) is 1. The quantitative estimate of drug-likeness (QED) is 0.827. The minimum absolute atomic E-state index is 0.0132. The summed E-state index contributed by atoms with van der Waals surface area (Å²) in [5.74, 6) is 0.808. The summed E-state index contributed by atoms with van der Waals surface area (Å²) in [4.78, 5) is 14.8. The number of carbonyl (C=O) groups is 1. The van der Waals surface area contributed by atoms with E-state index in [0.717, 1.165) is 44.7 Å². The van der Waals surface area contributed by atoms with E-state index in [2.05, 4.69) is 31.0 Å². The Bertz CT molecular complexity index is 348. The molecule has 4 nitrogen and oxygen atoms in total. The lowest BCUT2D eigenvalue weighted by Crippen LogP contribution is -2.58. The number of amides is 1. The van der Waals surface area contributed by atoms with Crippen LogP contribution in [0.4, 0.5) is 0 Å². The van der Waals surface area contributed by atoms with E-state index in [1.54, 1.807) is 0 Å². The number of likely N-dealkylation sites (tertiary alicyclic amines) is 1. The van der Waals surface area contributed by atoms with Crippen molar-refractivity contribution in [3.05, 3.63) is 0 Å². The molecule has 0 spiro atoms. The minimum Gasteiger partial charge on any atom is -0.353 e. The average molecular weight is 281 g/mol. The lowest BCUT2D eigenvalue weighted by molar-refractivity contribution is -0.126. The van der Waals surface area contributed by atoms with Crippen LogP contribution in [0.15, 0.2) is 0 Å². The Morgan fingerprint density at radius 1 is 1.35 bits per heavy atom. The Morgan fingerprint density at radius 2 is 2.00 bits per heavy atom. The van der Waals surface area contributed by atoms with Crippen LogP contribution in [0.2, 0.25) is 0 Å². The van der Waals surface area contributed by atoms with Gasteiger partial charge in [-0.05, 0) is 52.0 Å². The number of hydrogen-bond acceptors (Lipinski definition) is 3. The molecule has 0 aromatic carbocycles. The van der Waals surface area contributed by atoms with Gasteiger partial charge in [-0.3, -0.25) is 9.69 Å². The highest BCUT2D eigenvalue weighted by Gasteiger charge is 2.38. The van der Waals surface area contributed by atoms with Crippen LogP contribution in [0.5, 0.6) is 0 Å². The molecule has 2 aliphatic rings. The van der Waals surface area contributed by atoms with Crippen LogP contribution in [-0.4, -0.2) is 41.5 Å². The third kappa shape index (κ3) is 3.53. The van der Waals surface area contributed by atoms with Crippen molar-refractivity contribution in [2.45, 2.75) is 70.4 Å². The molecule has 116 valence electrons. The van der Waals surface area contributed by atoms with E-state index in [9.17, 15) is 4.79 Å². The summed E-state index contributed by atoms with van der Waals surface area (Å²) in [6.45, 7) is 9.73. The molecule has 0 bridgehead atoms. The number of piperidine rings is 1. The number of carbonyl (C=O) groups excluding carboxylic acids is 1. The highest BCUT2D eigenvalue weighted by atomic mass is 16.2. The van der Waals surface area contributed by atoms with Crippen LogP contribution in [0, 0.1) is 5.92 Å². The molecule has 4 heteroatoms. The minimum atomic E-state index is -0.606. The summed E-state index contributed by atoms with van der Waals surface area (Å²) in [5, 5.41) is 3.11. The second kappa shape index (κ2) is 6.02. The summed E-state index contributed by atoms with van der Waals surface area (Å²) >= 11 is 0. The van der Waals surface area contributed by atoms with Gasteiger partial charge in [0.2, 0.25) is 5.91 Å². The average Bonchev–Trinajstić information content (AvgIpc) is 2.84. The molecule has 1 heterocycles. The van der Waals surface area contributed by atoms with Gasteiger partial charge in [-0.25, -0.2) is 0 Å². The van der Waals surface area contributed by atoms with Crippen molar-refractivity contribution in [1.82, 2.24) is 10.2 Å². The molecule has 1 aliphatic carbocycles. The van der Waals surface area contributed by atoms with Gasteiger partial charge in [0.05, 0.1) is 5.54 Å². The summed E-state index contributed by atoms with van der Waals surface area (Å²) in [6.07, 6.45) is 6.41. The van der Waals surface area contributed by atoms with E-state index in [0.29, 0.717) is 6.54 Å². The number of rotatable bonds is 4. The van der Waals surface area contributed by atoms with Gasteiger partial charge in [0.1, 0.15) is 0 Å². The van der Waals surface area contributed by atoms with E-state index in [-0.39, 0.29) is 11.4 Å². The van der Waals surface area contributed by atoms with Gasteiger partial charge in [-0.2, -0.15) is 0 Å². The van der Waals surface area contributed by atoms with Crippen LogP contribution >= 0.6 is 0 Å². The molecular weight excluding hydrogens is 250 g/mol. The number of nitrogens with one attached hydrogen (secondary N) is 1. The summed E-state index contributed by atoms with van der Waals surface area (Å²) < 4.78 is 0. The maximum atomic E-state index is 12.3. The van der Waals surface area contributed by atoms with Gasteiger partial charge >= 0.3 is 0 Å². The maximum absolute atomic E-state index is 12.3. The van der Waals surface area contributed by atoms with Gasteiger partial charge < -0.3 is 11.1 Å².